The lowest BCUT2D eigenvalue weighted by Gasteiger charge is -2.37. The molecule has 1 rings (SSSR count). The van der Waals surface area contributed by atoms with Gasteiger partial charge in [0.1, 0.15) is 6.61 Å². The van der Waals surface area contributed by atoms with Gasteiger partial charge in [-0.25, -0.2) is 0 Å². The number of rotatable bonds is 6. The van der Waals surface area contributed by atoms with Crippen LogP contribution in [-0.4, -0.2) is 74.9 Å². The minimum Gasteiger partial charge on any atom is -0.383 e. The molecule has 0 aromatic rings. The molecule has 1 fully saturated rings. The maximum atomic E-state index is 11.7. The third-order valence-corrected chi connectivity index (χ3v) is 3.13. The summed E-state index contributed by atoms with van der Waals surface area (Å²) in [4.78, 5) is 16.0. The highest BCUT2D eigenvalue weighted by atomic mass is 16.5. The first-order valence-corrected chi connectivity index (χ1v) is 6.27. The van der Waals surface area contributed by atoms with Crippen LogP contribution < -0.4 is 0 Å². The highest BCUT2D eigenvalue weighted by molar-refractivity contribution is 5.77. The topological polar surface area (TPSA) is 42.0 Å². The summed E-state index contributed by atoms with van der Waals surface area (Å²) in [5, 5.41) is 0. The number of carbonyl (C=O) groups excluding carboxylic acids is 1. The smallest absolute Gasteiger partial charge is 0.248 e. The lowest BCUT2D eigenvalue weighted by molar-refractivity contribution is -0.138. The van der Waals surface area contributed by atoms with Crippen LogP contribution in [0.25, 0.3) is 0 Å². The molecule has 1 heterocycles. The molecule has 100 valence electrons. The van der Waals surface area contributed by atoms with Gasteiger partial charge < -0.3 is 14.4 Å². The zero-order valence-corrected chi connectivity index (χ0v) is 11.1. The van der Waals surface area contributed by atoms with Crippen molar-refractivity contribution in [2.45, 2.75) is 19.9 Å². The van der Waals surface area contributed by atoms with Gasteiger partial charge in [0.15, 0.2) is 0 Å². The van der Waals surface area contributed by atoms with E-state index in [4.69, 9.17) is 9.47 Å². The van der Waals surface area contributed by atoms with Crippen LogP contribution in [0.2, 0.25) is 0 Å². The Balaban J connectivity index is 2.27. The number of nitrogens with zero attached hydrogens (tertiary/aromatic N) is 2. The lowest BCUT2D eigenvalue weighted by atomic mass is 10.2. The van der Waals surface area contributed by atoms with Gasteiger partial charge in [0, 0.05) is 45.9 Å². The minimum atomic E-state index is 0.103. The Bertz CT molecular complexity index is 228. The Morgan fingerprint density at radius 1 is 1.29 bits per heavy atom. The summed E-state index contributed by atoms with van der Waals surface area (Å²) in [5.74, 6) is 0.103. The Hall–Kier alpha value is -0.650. The van der Waals surface area contributed by atoms with E-state index in [1.54, 1.807) is 7.11 Å². The van der Waals surface area contributed by atoms with Gasteiger partial charge >= 0.3 is 0 Å². The molecule has 1 unspecified atom stereocenters. The van der Waals surface area contributed by atoms with Crippen LogP contribution >= 0.6 is 0 Å². The van der Waals surface area contributed by atoms with Crippen molar-refractivity contribution in [1.82, 2.24) is 9.80 Å². The first kappa shape index (κ1) is 14.4. The molecular formula is C12H24N2O3. The highest BCUT2D eigenvalue weighted by Crippen LogP contribution is 2.07. The molecule has 5 nitrogen and oxygen atoms in total. The van der Waals surface area contributed by atoms with Crippen LogP contribution in [0.3, 0.4) is 0 Å². The molecule has 0 aromatic carbocycles. The summed E-state index contributed by atoms with van der Waals surface area (Å²) in [6.07, 6.45) is 0. The molecule has 1 aliphatic heterocycles. The molecule has 0 aliphatic carbocycles. The summed E-state index contributed by atoms with van der Waals surface area (Å²) in [6, 6.07) is 0.421. The molecule has 0 saturated carbocycles. The predicted molar refractivity (Wildman–Crippen MR) is 66.0 cm³/mol. The molecule has 5 heteroatoms. The fraction of sp³-hybridized carbons (Fsp3) is 0.917. The van der Waals surface area contributed by atoms with E-state index in [0.29, 0.717) is 12.6 Å². The van der Waals surface area contributed by atoms with Crippen LogP contribution in [0.4, 0.5) is 0 Å². The van der Waals surface area contributed by atoms with Gasteiger partial charge in [-0.05, 0) is 13.8 Å². The zero-order chi connectivity index (χ0) is 12.7. The van der Waals surface area contributed by atoms with E-state index in [2.05, 4.69) is 11.8 Å². The standard InChI is InChI=1S/C12H24N2O3/c1-4-17-10-12(15)14-7-5-13(6-8-14)11(2)9-16-3/h11H,4-10H2,1-3H3. The molecule has 17 heavy (non-hydrogen) atoms. The lowest BCUT2D eigenvalue weighted by Crippen LogP contribution is -2.52. The molecule has 0 bridgehead atoms. The summed E-state index contributed by atoms with van der Waals surface area (Å²) in [7, 11) is 1.72. The maximum Gasteiger partial charge on any atom is 0.248 e. The van der Waals surface area contributed by atoms with Crippen molar-refractivity contribution in [3.8, 4) is 0 Å². The van der Waals surface area contributed by atoms with Gasteiger partial charge in [0.25, 0.3) is 0 Å². The van der Waals surface area contributed by atoms with Crippen LogP contribution in [0, 0.1) is 0 Å². The van der Waals surface area contributed by atoms with Gasteiger partial charge in [-0.3, -0.25) is 9.69 Å². The number of amides is 1. The summed E-state index contributed by atoms with van der Waals surface area (Å²) < 4.78 is 10.3. The number of hydrogen-bond donors (Lipinski definition) is 0. The van der Waals surface area contributed by atoms with Crippen molar-refractivity contribution in [3.05, 3.63) is 0 Å². The number of ether oxygens (including phenoxy) is 2. The largest absolute Gasteiger partial charge is 0.383 e. The Labute approximate surface area is 104 Å². The molecule has 1 atom stereocenters. The molecule has 1 saturated heterocycles. The van der Waals surface area contributed by atoms with Gasteiger partial charge in [-0.15, -0.1) is 0 Å². The van der Waals surface area contributed by atoms with Crippen molar-refractivity contribution in [2.24, 2.45) is 0 Å². The van der Waals surface area contributed by atoms with Crippen molar-refractivity contribution in [2.75, 3.05) is 53.1 Å². The second-order valence-corrected chi connectivity index (χ2v) is 4.36. The minimum absolute atomic E-state index is 0.103. The van der Waals surface area contributed by atoms with Crippen molar-refractivity contribution in [1.29, 1.82) is 0 Å². The molecule has 0 aromatic heterocycles. The zero-order valence-electron chi connectivity index (χ0n) is 11.1. The number of piperazine rings is 1. The number of carbonyl (C=O) groups is 1. The van der Waals surface area contributed by atoms with E-state index >= 15 is 0 Å². The third kappa shape index (κ3) is 4.61. The molecule has 0 radical (unpaired) electrons. The summed E-state index contributed by atoms with van der Waals surface area (Å²) in [6.45, 7) is 9.02. The second kappa shape index (κ2) is 7.63. The van der Waals surface area contributed by atoms with E-state index in [0.717, 1.165) is 32.8 Å². The van der Waals surface area contributed by atoms with Crippen LogP contribution in [0.5, 0.6) is 0 Å². The van der Waals surface area contributed by atoms with Crippen LogP contribution in [0.15, 0.2) is 0 Å². The van der Waals surface area contributed by atoms with Gasteiger partial charge in [-0.2, -0.15) is 0 Å². The van der Waals surface area contributed by atoms with Gasteiger partial charge in [0.05, 0.1) is 6.61 Å². The first-order valence-electron chi connectivity index (χ1n) is 6.27. The fourth-order valence-electron chi connectivity index (χ4n) is 2.04. The second-order valence-electron chi connectivity index (χ2n) is 4.36. The molecule has 0 N–H and O–H groups in total. The van der Waals surface area contributed by atoms with Gasteiger partial charge in [-0.1, -0.05) is 0 Å². The predicted octanol–water partition coefficient (Wildman–Crippen LogP) is 0.202. The van der Waals surface area contributed by atoms with E-state index in [9.17, 15) is 4.79 Å². The third-order valence-electron chi connectivity index (χ3n) is 3.13. The number of methoxy groups -OCH3 is 1. The van der Waals surface area contributed by atoms with Crippen LogP contribution in [0.1, 0.15) is 13.8 Å². The SMILES string of the molecule is CCOCC(=O)N1CCN(C(C)COC)CC1. The molecule has 0 spiro atoms. The highest BCUT2D eigenvalue weighted by Gasteiger charge is 2.23. The van der Waals surface area contributed by atoms with E-state index in [-0.39, 0.29) is 12.5 Å². The molecule has 1 amide bonds. The normalized spacial score (nSPS) is 19.4. The van der Waals surface area contributed by atoms with E-state index < -0.39 is 0 Å². The van der Waals surface area contributed by atoms with E-state index in [1.807, 2.05) is 11.8 Å². The molecule has 1 aliphatic rings. The average molecular weight is 244 g/mol. The first-order chi connectivity index (χ1) is 8.19. The average Bonchev–Trinajstić information content (AvgIpc) is 2.36. The quantitative estimate of drug-likeness (QED) is 0.669. The van der Waals surface area contributed by atoms with Crippen molar-refractivity contribution < 1.29 is 14.3 Å². The Morgan fingerprint density at radius 3 is 2.47 bits per heavy atom. The fourth-order valence-corrected chi connectivity index (χ4v) is 2.04. The monoisotopic (exact) mass is 244 g/mol. The van der Waals surface area contributed by atoms with Crippen molar-refractivity contribution in [3.63, 3.8) is 0 Å². The summed E-state index contributed by atoms with van der Waals surface area (Å²) >= 11 is 0. The maximum absolute atomic E-state index is 11.7. The number of hydrogen-bond acceptors (Lipinski definition) is 4. The van der Waals surface area contributed by atoms with Crippen molar-refractivity contribution >= 4 is 5.91 Å². The summed E-state index contributed by atoms with van der Waals surface area (Å²) in [5.41, 5.74) is 0. The van der Waals surface area contributed by atoms with E-state index in [1.165, 1.54) is 0 Å². The van der Waals surface area contributed by atoms with Crippen LogP contribution in [-0.2, 0) is 14.3 Å². The Kier molecular flexibility index (Phi) is 6.47. The molecular weight excluding hydrogens is 220 g/mol. The Morgan fingerprint density at radius 2 is 1.94 bits per heavy atom. The van der Waals surface area contributed by atoms with Gasteiger partial charge in [0.2, 0.25) is 5.91 Å².